The summed E-state index contributed by atoms with van der Waals surface area (Å²) >= 11 is 0. The normalized spacial score (nSPS) is 25.7. The zero-order valence-corrected chi connectivity index (χ0v) is 10.8. The zero-order chi connectivity index (χ0) is 10.8. The summed E-state index contributed by atoms with van der Waals surface area (Å²) in [5.74, 6) is 0.708. The van der Waals surface area contributed by atoms with Gasteiger partial charge in [0.1, 0.15) is 0 Å². The number of nitrogens with two attached hydrogens (primary N) is 1. The summed E-state index contributed by atoms with van der Waals surface area (Å²) in [6, 6.07) is -0.0355. The Labute approximate surface area is 99.3 Å². The Bertz CT molecular complexity index is 226. The predicted octanol–water partition coefficient (Wildman–Crippen LogP) is 2.50. The van der Waals surface area contributed by atoms with Gasteiger partial charge in [0.25, 0.3) is 0 Å². The highest BCUT2D eigenvalue weighted by Gasteiger charge is 2.34. The molecule has 1 rings (SSSR count). The Kier molecular flexibility index (Phi) is 5.86. The monoisotopic (exact) mass is 233 g/mol. The smallest absolute Gasteiger partial charge is 0.0582 e. The van der Waals surface area contributed by atoms with Gasteiger partial charge in [-0.3, -0.25) is 0 Å². The van der Waals surface area contributed by atoms with Crippen LogP contribution in [0.5, 0.6) is 0 Å². The largest absolute Gasteiger partial charge is 0.395 e. The summed E-state index contributed by atoms with van der Waals surface area (Å²) in [6.45, 7) is 6.94. The maximum absolute atomic E-state index is 8.85. The molecule has 90 valence electrons. The van der Waals surface area contributed by atoms with Gasteiger partial charge >= 0.3 is 0 Å². The highest BCUT2D eigenvalue weighted by molar-refractivity contribution is 5.85. The average Bonchev–Trinajstić information content (AvgIpc) is 2.39. The van der Waals surface area contributed by atoms with E-state index < -0.39 is 0 Å². The topological polar surface area (TPSA) is 46.2 Å². The van der Waals surface area contributed by atoms with E-state index >= 15 is 0 Å². The molecule has 2 atom stereocenters. The maximum Gasteiger partial charge on any atom is 0.0582 e. The molecule has 15 heavy (non-hydrogen) atoms. The number of halogens is 1. The van der Waals surface area contributed by atoms with Gasteiger partial charge in [0, 0.05) is 6.04 Å². The van der Waals surface area contributed by atoms with E-state index in [9.17, 15) is 0 Å². The molecular weight excluding hydrogens is 210 g/mol. The van der Waals surface area contributed by atoms with E-state index in [1.165, 1.54) is 12.0 Å². The second-order valence-corrected chi connectivity index (χ2v) is 5.06. The van der Waals surface area contributed by atoms with Crippen LogP contribution >= 0.6 is 12.4 Å². The van der Waals surface area contributed by atoms with Crippen LogP contribution in [0.3, 0.4) is 0 Å². The van der Waals surface area contributed by atoms with Crippen molar-refractivity contribution in [3.05, 3.63) is 11.6 Å². The van der Waals surface area contributed by atoms with Crippen molar-refractivity contribution in [1.29, 1.82) is 0 Å². The summed E-state index contributed by atoms with van der Waals surface area (Å²) in [5.41, 5.74) is 7.54. The van der Waals surface area contributed by atoms with Crippen molar-refractivity contribution in [2.24, 2.45) is 17.1 Å². The van der Waals surface area contributed by atoms with Crippen LogP contribution in [-0.2, 0) is 0 Å². The van der Waals surface area contributed by atoms with Crippen molar-refractivity contribution in [3.63, 3.8) is 0 Å². The SMILES string of the molecule is CC1=CCC(CCC(N)CO)C1(C)C.Cl. The van der Waals surface area contributed by atoms with Crippen LogP contribution in [0.25, 0.3) is 0 Å². The second-order valence-electron chi connectivity index (χ2n) is 5.06. The van der Waals surface area contributed by atoms with Crippen molar-refractivity contribution in [2.75, 3.05) is 6.61 Å². The van der Waals surface area contributed by atoms with E-state index in [0.717, 1.165) is 12.8 Å². The van der Waals surface area contributed by atoms with Crippen LogP contribution < -0.4 is 5.73 Å². The highest BCUT2D eigenvalue weighted by Crippen LogP contribution is 2.45. The molecule has 0 saturated heterocycles. The third-order valence-electron chi connectivity index (χ3n) is 3.87. The molecule has 2 unspecified atom stereocenters. The molecule has 0 aromatic heterocycles. The van der Waals surface area contributed by atoms with Crippen molar-refractivity contribution >= 4 is 12.4 Å². The van der Waals surface area contributed by atoms with E-state index in [1.807, 2.05) is 0 Å². The van der Waals surface area contributed by atoms with Crippen molar-refractivity contribution in [2.45, 2.75) is 46.1 Å². The Morgan fingerprint density at radius 2 is 2.20 bits per heavy atom. The first-order valence-electron chi connectivity index (χ1n) is 5.52. The molecular formula is C12H24ClNO. The number of aliphatic hydroxyl groups excluding tert-OH is 1. The van der Waals surface area contributed by atoms with E-state index in [2.05, 4.69) is 26.8 Å². The minimum atomic E-state index is -0.0355. The van der Waals surface area contributed by atoms with Crippen LogP contribution in [-0.4, -0.2) is 17.8 Å². The van der Waals surface area contributed by atoms with Crippen molar-refractivity contribution in [1.82, 2.24) is 0 Å². The Balaban J connectivity index is 0.00000196. The second kappa shape index (κ2) is 5.88. The number of aliphatic hydroxyl groups is 1. The molecule has 0 aliphatic heterocycles. The van der Waals surface area contributed by atoms with Crippen LogP contribution in [0.2, 0.25) is 0 Å². The quantitative estimate of drug-likeness (QED) is 0.733. The molecule has 0 heterocycles. The van der Waals surface area contributed by atoms with Gasteiger partial charge in [0.2, 0.25) is 0 Å². The van der Waals surface area contributed by atoms with Gasteiger partial charge in [-0.1, -0.05) is 25.5 Å². The van der Waals surface area contributed by atoms with Crippen molar-refractivity contribution in [3.8, 4) is 0 Å². The molecule has 0 aromatic carbocycles. The van der Waals surface area contributed by atoms with Crippen LogP contribution in [0.15, 0.2) is 11.6 Å². The lowest BCUT2D eigenvalue weighted by Crippen LogP contribution is -2.27. The van der Waals surface area contributed by atoms with Crippen molar-refractivity contribution < 1.29 is 5.11 Å². The third-order valence-corrected chi connectivity index (χ3v) is 3.87. The fourth-order valence-electron chi connectivity index (χ4n) is 2.18. The molecule has 1 aliphatic rings. The summed E-state index contributed by atoms with van der Waals surface area (Å²) < 4.78 is 0. The fraction of sp³-hybridized carbons (Fsp3) is 0.833. The van der Waals surface area contributed by atoms with Gasteiger partial charge in [-0.05, 0) is 37.5 Å². The first kappa shape index (κ1) is 14.9. The molecule has 3 heteroatoms. The third kappa shape index (κ3) is 3.47. The number of allylic oxidation sites excluding steroid dienone is 2. The molecule has 3 N–H and O–H groups in total. The molecule has 0 saturated carbocycles. The van der Waals surface area contributed by atoms with Gasteiger partial charge in [-0.2, -0.15) is 0 Å². The lowest BCUT2D eigenvalue weighted by atomic mass is 9.75. The standard InChI is InChI=1S/C12H23NO.ClH/c1-9-4-5-10(12(9,2)3)6-7-11(13)8-14;/h4,10-11,14H,5-8,13H2,1-3H3;1H. The number of hydrogen-bond acceptors (Lipinski definition) is 2. The lowest BCUT2D eigenvalue weighted by molar-refractivity contribution is 0.226. The molecule has 0 bridgehead atoms. The maximum atomic E-state index is 8.85. The first-order valence-corrected chi connectivity index (χ1v) is 5.52. The van der Waals surface area contributed by atoms with E-state index in [-0.39, 0.29) is 25.1 Å². The molecule has 1 aliphatic carbocycles. The van der Waals surface area contributed by atoms with Crippen LogP contribution in [0.1, 0.15) is 40.0 Å². The Morgan fingerprint density at radius 1 is 1.60 bits per heavy atom. The average molecular weight is 234 g/mol. The number of hydrogen-bond donors (Lipinski definition) is 2. The molecule has 0 amide bonds. The summed E-state index contributed by atoms with van der Waals surface area (Å²) in [6.07, 6.45) is 5.58. The van der Waals surface area contributed by atoms with E-state index in [1.54, 1.807) is 0 Å². The van der Waals surface area contributed by atoms with Crippen LogP contribution in [0.4, 0.5) is 0 Å². The summed E-state index contributed by atoms with van der Waals surface area (Å²) in [4.78, 5) is 0. The summed E-state index contributed by atoms with van der Waals surface area (Å²) in [5, 5.41) is 8.85. The Hall–Kier alpha value is -0.0500. The number of rotatable bonds is 4. The summed E-state index contributed by atoms with van der Waals surface area (Å²) in [7, 11) is 0. The molecule has 0 spiro atoms. The minimum Gasteiger partial charge on any atom is -0.395 e. The molecule has 0 fully saturated rings. The fourth-order valence-corrected chi connectivity index (χ4v) is 2.18. The molecule has 0 radical (unpaired) electrons. The predicted molar refractivity (Wildman–Crippen MR) is 67.2 cm³/mol. The van der Waals surface area contributed by atoms with E-state index in [4.69, 9.17) is 10.8 Å². The molecule has 0 aromatic rings. The van der Waals surface area contributed by atoms with Gasteiger partial charge in [0.15, 0.2) is 0 Å². The lowest BCUT2D eigenvalue weighted by Gasteiger charge is -2.30. The highest BCUT2D eigenvalue weighted by atomic mass is 35.5. The van der Waals surface area contributed by atoms with Gasteiger partial charge in [-0.15, -0.1) is 12.4 Å². The first-order chi connectivity index (χ1) is 6.48. The molecule has 2 nitrogen and oxygen atoms in total. The van der Waals surface area contributed by atoms with E-state index in [0.29, 0.717) is 11.3 Å². The zero-order valence-electron chi connectivity index (χ0n) is 9.99. The van der Waals surface area contributed by atoms with Gasteiger partial charge in [-0.25, -0.2) is 0 Å². The minimum absolute atomic E-state index is 0. The van der Waals surface area contributed by atoms with Gasteiger partial charge < -0.3 is 10.8 Å². The van der Waals surface area contributed by atoms with Crippen LogP contribution in [0, 0.1) is 11.3 Å². The Morgan fingerprint density at radius 3 is 2.60 bits per heavy atom. The van der Waals surface area contributed by atoms with Gasteiger partial charge in [0.05, 0.1) is 6.61 Å².